The molecule has 0 radical (unpaired) electrons. The maximum atomic E-state index is 6.06. The molecule has 2 aliphatic rings. The minimum atomic E-state index is 0.366. The fourth-order valence-electron chi connectivity index (χ4n) is 2.53. The maximum Gasteiger partial charge on any atom is 0.122 e. The molecule has 0 saturated carbocycles. The van der Waals surface area contributed by atoms with Gasteiger partial charge in [-0.1, -0.05) is 0 Å². The van der Waals surface area contributed by atoms with Crippen LogP contribution in [-0.2, 0) is 6.42 Å². The van der Waals surface area contributed by atoms with E-state index in [0.29, 0.717) is 6.10 Å². The molecular weight excluding hydrogens is 214 g/mol. The minimum Gasteiger partial charge on any atom is -0.493 e. The molecule has 17 heavy (non-hydrogen) atoms. The lowest BCUT2D eigenvalue weighted by molar-refractivity contribution is 0.187. The predicted molar refractivity (Wildman–Crippen MR) is 66.8 cm³/mol. The fraction of sp³-hybridized carbons (Fsp3) is 0.571. The van der Waals surface area contributed by atoms with Crippen LogP contribution < -0.4 is 14.8 Å². The number of hydrogen-bond acceptors (Lipinski definition) is 3. The fourth-order valence-corrected chi connectivity index (χ4v) is 2.53. The Kier molecular flexibility index (Phi) is 3.18. The number of nitrogens with one attached hydrogen (secondary N) is 1. The number of benzene rings is 1. The SMILES string of the molecule is c1cc2c(cc1OC1CCCNCC1)CCO2. The quantitative estimate of drug-likeness (QED) is 0.849. The Morgan fingerprint density at radius 3 is 3.24 bits per heavy atom. The molecule has 1 saturated heterocycles. The molecule has 0 aliphatic carbocycles. The summed E-state index contributed by atoms with van der Waals surface area (Å²) in [7, 11) is 0. The summed E-state index contributed by atoms with van der Waals surface area (Å²) >= 11 is 0. The third-order valence-corrected chi connectivity index (χ3v) is 3.49. The summed E-state index contributed by atoms with van der Waals surface area (Å²) in [5, 5.41) is 3.40. The molecule has 2 aliphatic heterocycles. The molecule has 1 atom stereocenters. The molecular formula is C14H19NO2. The van der Waals surface area contributed by atoms with Crippen molar-refractivity contribution in [2.24, 2.45) is 0 Å². The zero-order valence-corrected chi connectivity index (χ0v) is 10.1. The van der Waals surface area contributed by atoms with E-state index in [0.717, 1.165) is 50.5 Å². The van der Waals surface area contributed by atoms with E-state index < -0.39 is 0 Å². The van der Waals surface area contributed by atoms with Gasteiger partial charge in [-0.15, -0.1) is 0 Å². The molecule has 1 aromatic carbocycles. The average Bonchev–Trinajstić information content (AvgIpc) is 2.65. The molecule has 1 N–H and O–H groups in total. The van der Waals surface area contributed by atoms with E-state index >= 15 is 0 Å². The molecule has 0 bridgehead atoms. The van der Waals surface area contributed by atoms with Crippen molar-refractivity contribution >= 4 is 0 Å². The van der Waals surface area contributed by atoms with Crippen LogP contribution in [0, 0.1) is 0 Å². The maximum absolute atomic E-state index is 6.06. The van der Waals surface area contributed by atoms with Crippen molar-refractivity contribution in [3.8, 4) is 11.5 Å². The van der Waals surface area contributed by atoms with Crippen LogP contribution in [0.1, 0.15) is 24.8 Å². The second-order valence-corrected chi connectivity index (χ2v) is 4.79. The summed E-state index contributed by atoms with van der Waals surface area (Å²) in [6.07, 6.45) is 4.84. The second-order valence-electron chi connectivity index (χ2n) is 4.79. The Morgan fingerprint density at radius 1 is 1.24 bits per heavy atom. The Hall–Kier alpha value is -1.22. The van der Waals surface area contributed by atoms with E-state index in [1.165, 1.54) is 12.0 Å². The van der Waals surface area contributed by atoms with Crippen molar-refractivity contribution in [3.05, 3.63) is 23.8 Å². The number of hydrogen-bond donors (Lipinski definition) is 1. The molecule has 1 aromatic rings. The van der Waals surface area contributed by atoms with Gasteiger partial charge in [-0.25, -0.2) is 0 Å². The molecule has 3 heteroatoms. The summed E-state index contributed by atoms with van der Waals surface area (Å²) in [5.41, 5.74) is 1.29. The lowest BCUT2D eigenvalue weighted by Gasteiger charge is -2.17. The Bertz CT molecular complexity index is 384. The molecule has 0 spiro atoms. The van der Waals surface area contributed by atoms with E-state index in [1.807, 2.05) is 12.1 Å². The van der Waals surface area contributed by atoms with Crippen molar-refractivity contribution in [2.45, 2.75) is 31.8 Å². The molecule has 2 heterocycles. The van der Waals surface area contributed by atoms with Crippen LogP contribution in [0.3, 0.4) is 0 Å². The van der Waals surface area contributed by atoms with Gasteiger partial charge in [0.05, 0.1) is 12.7 Å². The third kappa shape index (κ3) is 2.55. The van der Waals surface area contributed by atoms with E-state index in [9.17, 15) is 0 Å². The smallest absolute Gasteiger partial charge is 0.122 e. The number of ether oxygens (including phenoxy) is 2. The van der Waals surface area contributed by atoms with Crippen molar-refractivity contribution in [1.82, 2.24) is 5.32 Å². The van der Waals surface area contributed by atoms with Crippen LogP contribution in [0.2, 0.25) is 0 Å². The van der Waals surface area contributed by atoms with Crippen molar-refractivity contribution in [1.29, 1.82) is 0 Å². The largest absolute Gasteiger partial charge is 0.493 e. The van der Waals surface area contributed by atoms with Gasteiger partial charge >= 0.3 is 0 Å². The molecule has 3 nitrogen and oxygen atoms in total. The summed E-state index contributed by atoms with van der Waals surface area (Å²) in [6, 6.07) is 6.20. The normalized spacial score (nSPS) is 23.6. The molecule has 1 fully saturated rings. The first-order valence-corrected chi connectivity index (χ1v) is 6.55. The van der Waals surface area contributed by atoms with Gasteiger partial charge in [0.15, 0.2) is 0 Å². The van der Waals surface area contributed by atoms with Crippen molar-refractivity contribution in [2.75, 3.05) is 19.7 Å². The second kappa shape index (κ2) is 4.96. The van der Waals surface area contributed by atoms with Gasteiger partial charge in [-0.05, 0) is 50.6 Å². The monoisotopic (exact) mass is 233 g/mol. The van der Waals surface area contributed by atoms with Crippen LogP contribution in [0.25, 0.3) is 0 Å². The Labute approximate surface area is 102 Å². The van der Waals surface area contributed by atoms with Crippen LogP contribution in [0.15, 0.2) is 18.2 Å². The highest BCUT2D eigenvalue weighted by molar-refractivity contribution is 5.42. The third-order valence-electron chi connectivity index (χ3n) is 3.49. The first kappa shape index (κ1) is 10.9. The lowest BCUT2D eigenvalue weighted by atomic mass is 10.1. The number of rotatable bonds is 2. The van der Waals surface area contributed by atoms with Gasteiger partial charge < -0.3 is 14.8 Å². The lowest BCUT2D eigenvalue weighted by Crippen LogP contribution is -2.19. The van der Waals surface area contributed by atoms with Crippen LogP contribution in [0.4, 0.5) is 0 Å². The van der Waals surface area contributed by atoms with Gasteiger partial charge in [0.25, 0.3) is 0 Å². The van der Waals surface area contributed by atoms with Crippen LogP contribution >= 0.6 is 0 Å². The van der Waals surface area contributed by atoms with Crippen LogP contribution in [-0.4, -0.2) is 25.8 Å². The molecule has 0 amide bonds. The summed E-state index contributed by atoms with van der Waals surface area (Å²) in [4.78, 5) is 0. The predicted octanol–water partition coefficient (Wildman–Crippen LogP) is 2.14. The Balaban J connectivity index is 1.67. The van der Waals surface area contributed by atoms with E-state index in [-0.39, 0.29) is 0 Å². The molecule has 1 unspecified atom stereocenters. The highest BCUT2D eigenvalue weighted by atomic mass is 16.5. The highest BCUT2D eigenvalue weighted by Crippen LogP contribution is 2.29. The average molecular weight is 233 g/mol. The summed E-state index contributed by atoms with van der Waals surface area (Å²) in [5.74, 6) is 2.03. The van der Waals surface area contributed by atoms with Gasteiger partial charge in [0.1, 0.15) is 11.5 Å². The number of fused-ring (bicyclic) bond motifs is 1. The molecule has 0 aromatic heterocycles. The van der Waals surface area contributed by atoms with E-state index in [4.69, 9.17) is 9.47 Å². The van der Waals surface area contributed by atoms with E-state index in [1.54, 1.807) is 0 Å². The summed E-state index contributed by atoms with van der Waals surface area (Å²) < 4.78 is 11.6. The van der Waals surface area contributed by atoms with Crippen molar-refractivity contribution < 1.29 is 9.47 Å². The van der Waals surface area contributed by atoms with Crippen LogP contribution in [0.5, 0.6) is 11.5 Å². The molecule has 92 valence electrons. The first-order chi connectivity index (χ1) is 8.42. The van der Waals surface area contributed by atoms with Gasteiger partial charge in [0, 0.05) is 12.0 Å². The van der Waals surface area contributed by atoms with Gasteiger partial charge in [0.2, 0.25) is 0 Å². The minimum absolute atomic E-state index is 0.366. The Morgan fingerprint density at radius 2 is 2.24 bits per heavy atom. The first-order valence-electron chi connectivity index (χ1n) is 6.55. The van der Waals surface area contributed by atoms with Crippen molar-refractivity contribution in [3.63, 3.8) is 0 Å². The topological polar surface area (TPSA) is 30.5 Å². The van der Waals surface area contributed by atoms with Gasteiger partial charge in [-0.2, -0.15) is 0 Å². The zero-order chi connectivity index (χ0) is 11.5. The zero-order valence-electron chi connectivity index (χ0n) is 10.1. The standard InChI is InChI=1S/C14H19NO2/c1-2-12(5-8-15-7-1)17-13-3-4-14-11(10-13)6-9-16-14/h3-4,10,12,15H,1-2,5-9H2. The van der Waals surface area contributed by atoms with Gasteiger partial charge in [-0.3, -0.25) is 0 Å². The molecule has 3 rings (SSSR count). The highest BCUT2D eigenvalue weighted by Gasteiger charge is 2.16. The van der Waals surface area contributed by atoms with E-state index in [2.05, 4.69) is 11.4 Å². The summed E-state index contributed by atoms with van der Waals surface area (Å²) in [6.45, 7) is 3.00.